The molecule has 0 N–H and O–H groups in total. The van der Waals surface area contributed by atoms with Gasteiger partial charge in [-0.2, -0.15) is 0 Å². The number of aldehydes is 1. The van der Waals surface area contributed by atoms with E-state index in [0.29, 0.717) is 6.04 Å². The van der Waals surface area contributed by atoms with Crippen molar-refractivity contribution in [3.8, 4) is 0 Å². The number of nitrogens with zero attached hydrogens (tertiary/aromatic N) is 1. The number of rotatable bonds is 6. The Morgan fingerprint density at radius 3 is 2.31 bits per heavy atom. The molecule has 2 nitrogen and oxygen atoms in total. The lowest BCUT2D eigenvalue weighted by atomic mass is 9.74. The van der Waals surface area contributed by atoms with Gasteiger partial charge >= 0.3 is 0 Å². The van der Waals surface area contributed by atoms with Crippen LogP contribution in [0.15, 0.2) is 0 Å². The second-order valence-electron chi connectivity index (χ2n) is 5.36. The molecule has 0 spiro atoms. The van der Waals surface area contributed by atoms with Crippen LogP contribution in [0.3, 0.4) is 0 Å². The Bertz CT molecular complexity index is 209. The topological polar surface area (TPSA) is 20.3 Å². The van der Waals surface area contributed by atoms with Crippen molar-refractivity contribution in [1.29, 1.82) is 0 Å². The Kier molecular flexibility index (Phi) is 5.47. The second-order valence-corrected chi connectivity index (χ2v) is 5.36. The molecule has 16 heavy (non-hydrogen) atoms. The highest BCUT2D eigenvalue weighted by Gasteiger charge is 2.34. The van der Waals surface area contributed by atoms with E-state index in [-0.39, 0.29) is 5.41 Å². The molecule has 0 saturated heterocycles. The second kappa shape index (κ2) is 6.39. The van der Waals surface area contributed by atoms with Crippen LogP contribution in [0.5, 0.6) is 0 Å². The summed E-state index contributed by atoms with van der Waals surface area (Å²) >= 11 is 0. The lowest BCUT2D eigenvalue weighted by Gasteiger charge is -2.39. The first-order valence-electron chi connectivity index (χ1n) is 6.88. The van der Waals surface area contributed by atoms with Crippen molar-refractivity contribution in [3.05, 3.63) is 0 Å². The van der Waals surface area contributed by atoms with E-state index in [1.165, 1.54) is 32.0 Å². The van der Waals surface area contributed by atoms with Crippen LogP contribution in [-0.4, -0.2) is 30.3 Å². The van der Waals surface area contributed by atoms with E-state index in [1.807, 2.05) is 0 Å². The normalized spacial score (nSPS) is 22.0. The van der Waals surface area contributed by atoms with Crippen molar-refractivity contribution in [1.82, 2.24) is 4.90 Å². The van der Waals surface area contributed by atoms with Crippen LogP contribution in [0.2, 0.25) is 0 Å². The lowest BCUT2D eigenvalue weighted by molar-refractivity contribution is -0.119. The number of carbonyl (C=O) groups excluding carboxylic acids is 1. The quantitative estimate of drug-likeness (QED) is 0.647. The van der Waals surface area contributed by atoms with Gasteiger partial charge in [-0.25, -0.2) is 0 Å². The van der Waals surface area contributed by atoms with Gasteiger partial charge in [-0.15, -0.1) is 0 Å². The Morgan fingerprint density at radius 1 is 1.25 bits per heavy atom. The molecule has 0 aromatic rings. The first kappa shape index (κ1) is 13.7. The molecule has 94 valence electrons. The predicted octanol–water partition coefficient (Wildman–Crippen LogP) is 3.26. The molecule has 1 aliphatic rings. The molecule has 0 radical (unpaired) electrons. The summed E-state index contributed by atoms with van der Waals surface area (Å²) < 4.78 is 0. The molecule has 2 heteroatoms. The summed E-state index contributed by atoms with van der Waals surface area (Å²) in [6, 6.07) is 0.601. The van der Waals surface area contributed by atoms with Gasteiger partial charge in [0.1, 0.15) is 6.29 Å². The highest BCUT2D eigenvalue weighted by Crippen LogP contribution is 2.35. The number of hydrogen-bond donors (Lipinski definition) is 0. The molecule has 1 aliphatic carbocycles. The largest absolute Gasteiger partial charge is 0.303 e. The first-order chi connectivity index (χ1) is 7.67. The smallest absolute Gasteiger partial charge is 0.127 e. The third-order valence-corrected chi connectivity index (χ3v) is 4.24. The van der Waals surface area contributed by atoms with Crippen LogP contribution >= 0.6 is 0 Å². The van der Waals surface area contributed by atoms with Gasteiger partial charge in [-0.3, -0.25) is 4.90 Å². The minimum absolute atomic E-state index is 0.0301. The number of hydrogen-bond acceptors (Lipinski definition) is 2. The Balaban J connectivity index is 2.62. The highest BCUT2D eigenvalue weighted by atomic mass is 16.1. The monoisotopic (exact) mass is 225 g/mol. The average Bonchev–Trinajstić information content (AvgIpc) is 2.36. The molecule has 0 heterocycles. The van der Waals surface area contributed by atoms with E-state index in [2.05, 4.69) is 25.7 Å². The molecule has 1 saturated carbocycles. The van der Waals surface area contributed by atoms with Crippen LogP contribution in [-0.2, 0) is 4.79 Å². The Morgan fingerprint density at radius 2 is 1.88 bits per heavy atom. The summed E-state index contributed by atoms with van der Waals surface area (Å²) in [6.45, 7) is 8.73. The molecule has 0 aliphatic heterocycles. The summed E-state index contributed by atoms with van der Waals surface area (Å²) in [5.41, 5.74) is -0.0301. The third-order valence-electron chi connectivity index (χ3n) is 4.24. The van der Waals surface area contributed by atoms with Crippen molar-refractivity contribution in [2.24, 2.45) is 5.41 Å². The molecular formula is C14H27NO. The maximum Gasteiger partial charge on any atom is 0.127 e. The van der Waals surface area contributed by atoms with Crippen molar-refractivity contribution in [2.75, 3.05) is 13.1 Å². The van der Waals surface area contributed by atoms with E-state index in [9.17, 15) is 4.79 Å². The van der Waals surface area contributed by atoms with E-state index >= 15 is 0 Å². The third kappa shape index (κ3) is 3.31. The van der Waals surface area contributed by atoms with E-state index in [1.54, 1.807) is 0 Å². The SMILES string of the molecule is CCC(C)N(CC)CC1(C=O)CCCCC1. The predicted molar refractivity (Wildman–Crippen MR) is 68.6 cm³/mol. The summed E-state index contributed by atoms with van der Waals surface area (Å²) in [4.78, 5) is 13.9. The van der Waals surface area contributed by atoms with Crippen molar-refractivity contribution >= 4 is 6.29 Å². The summed E-state index contributed by atoms with van der Waals surface area (Å²) in [6.07, 6.45) is 8.39. The van der Waals surface area contributed by atoms with Gasteiger partial charge in [0.05, 0.1) is 0 Å². The van der Waals surface area contributed by atoms with Crippen molar-refractivity contribution < 1.29 is 4.79 Å². The Hall–Kier alpha value is -0.370. The van der Waals surface area contributed by atoms with Gasteiger partial charge in [0.25, 0.3) is 0 Å². The summed E-state index contributed by atoms with van der Waals surface area (Å²) in [7, 11) is 0. The van der Waals surface area contributed by atoms with Crippen LogP contribution in [0.25, 0.3) is 0 Å². The molecule has 0 aromatic heterocycles. The summed E-state index contributed by atoms with van der Waals surface area (Å²) in [5.74, 6) is 0. The maximum atomic E-state index is 11.4. The molecular weight excluding hydrogens is 198 g/mol. The zero-order chi connectivity index (χ0) is 12.0. The highest BCUT2D eigenvalue weighted by molar-refractivity contribution is 5.60. The van der Waals surface area contributed by atoms with Crippen LogP contribution in [0, 0.1) is 5.41 Å². The zero-order valence-electron chi connectivity index (χ0n) is 11.2. The maximum absolute atomic E-state index is 11.4. The van der Waals surface area contributed by atoms with Crippen LogP contribution in [0.1, 0.15) is 59.3 Å². The van der Waals surface area contributed by atoms with E-state index in [4.69, 9.17) is 0 Å². The first-order valence-corrected chi connectivity index (χ1v) is 6.88. The summed E-state index contributed by atoms with van der Waals surface area (Å²) in [5, 5.41) is 0. The molecule has 0 amide bonds. The molecule has 0 bridgehead atoms. The minimum atomic E-state index is -0.0301. The van der Waals surface area contributed by atoms with Gasteiger partial charge < -0.3 is 4.79 Å². The van der Waals surface area contributed by atoms with Crippen molar-refractivity contribution in [3.63, 3.8) is 0 Å². The van der Waals surface area contributed by atoms with Crippen molar-refractivity contribution in [2.45, 2.75) is 65.3 Å². The van der Waals surface area contributed by atoms with E-state index in [0.717, 1.165) is 25.9 Å². The van der Waals surface area contributed by atoms with Gasteiger partial charge in [0.2, 0.25) is 0 Å². The average molecular weight is 225 g/mol. The van der Waals surface area contributed by atoms with Gasteiger partial charge in [0, 0.05) is 18.0 Å². The van der Waals surface area contributed by atoms with Crippen LogP contribution in [0.4, 0.5) is 0 Å². The molecule has 1 fully saturated rings. The zero-order valence-corrected chi connectivity index (χ0v) is 11.2. The molecule has 0 aromatic carbocycles. The van der Waals surface area contributed by atoms with E-state index < -0.39 is 0 Å². The van der Waals surface area contributed by atoms with Gasteiger partial charge in [-0.1, -0.05) is 33.1 Å². The fraction of sp³-hybridized carbons (Fsp3) is 0.929. The fourth-order valence-corrected chi connectivity index (χ4v) is 2.81. The number of carbonyl (C=O) groups is 1. The molecule has 1 rings (SSSR count). The standard InChI is InChI=1S/C14H27NO/c1-4-13(3)15(5-2)11-14(12-16)9-7-6-8-10-14/h12-13H,4-11H2,1-3H3. The lowest BCUT2D eigenvalue weighted by Crippen LogP contribution is -2.44. The Labute approximate surface area is 100 Å². The van der Waals surface area contributed by atoms with Crippen LogP contribution < -0.4 is 0 Å². The fourth-order valence-electron chi connectivity index (χ4n) is 2.81. The molecule has 1 unspecified atom stereocenters. The van der Waals surface area contributed by atoms with Gasteiger partial charge in [-0.05, 0) is 32.7 Å². The van der Waals surface area contributed by atoms with Gasteiger partial charge in [0.15, 0.2) is 0 Å². The molecule has 1 atom stereocenters. The minimum Gasteiger partial charge on any atom is -0.303 e.